The second-order valence-corrected chi connectivity index (χ2v) is 8.50. The molecule has 1 aromatic carbocycles. The number of nitrogens with zero attached hydrogens (tertiary/aromatic N) is 3. The number of hydrogen-bond acceptors (Lipinski definition) is 7. The number of primary sulfonamides is 1. The maximum Gasteiger partial charge on any atom is 0.240 e. The molecule has 28 heavy (non-hydrogen) atoms. The van der Waals surface area contributed by atoms with Gasteiger partial charge >= 0.3 is 0 Å². The molecule has 0 aromatic heterocycles. The average molecular weight is 403 g/mol. The zero-order valence-corrected chi connectivity index (χ0v) is 16.0. The summed E-state index contributed by atoms with van der Waals surface area (Å²) in [5.41, 5.74) is 0.0751. The molecule has 2 aliphatic heterocycles. The molecule has 1 aromatic rings. The lowest BCUT2D eigenvalue weighted by Gasteiger charge is -2.24. The third-order valence-electron chi connectivity index (χ3n) is 5.06. The molecule has 9 nitrogen and oxygen atoms in total. The Kier molecular flexibility index (Phi) is 5.84. The van der Waals surface area contributed by atoms with Crippen molar-refractivity contribution >= 4 is 15.9 Å². The normalized spacial score (nSPS) is 24.5. The number of carbonyl (C=O) groups is 1. The van der Waals surface area contributed by atoms with Gasteiger partial charge in [0.2, 0.25) is 15.9 Å². The lowest BCUT2D eigenvalue weighted by atomic mass is 10.1. The maximum absolute atomic E-state index is 12.6. The molecule has 0 unspecified atom stereocenters. The minimum atomic E-state index is -3.90. The van der Waals surface area contributed by atoms with E-state index >= 15 is 0 Å². The number of amides is 1. The molecule has 0 spiro atoms. The van der Waals surface area contributed by atoms with Crippen LogP contribution in [0, 0.1) is 22.7 Å². The van der Waals surface area contributed by atoms with Gasteiger partial charge in [0.25, 0.3) is 0 Å². The molecule has 0 radical (unpaired) electrons. The number of sulfonamides is 1. The SMILES string of the molecule is N#Cc1cc(S(N)(=O)=O)ccc1OC[C@H]1CC[C@@H](C(=O)N2CCC[C@H]2C#N)N1. The number of carbonyl (C=O) groups excluding carboxylic acids is 1. The first-order valence-corrected chi connectivity index (χ1v) is 10.5. The molecular weight excluding hydrogens is 382 g/mol. The van der Waals surface area contributed by atoms with Crippen molar-refractivity contribution in [3.05, 3.63) is 23.8 Å². The molecule has 148 valence electrons. The molecular formula is C18H21N5O4S. The summed E-state index contributed by atoms with van der Waals surface area (Å²) in [5, 5.41) is 26.7. The average Bonchev–Trinajstić information content (AvgIpc) is 3.34. The van der Waals surface area contributed by atoms with Gasteiger partial charge in [-0.3, -0.25) is 10.1 Å². The van der Waals surface area contributed by atoms with Crippen molar-refractivity contribution in [3.8, 4) is 17.9 Å². The fourth-order valence-electron chi connectivity index (χ4n) is 3.60. The van der Waals surface area contributed by atoms with Crippen molar-refractivity contribution in [2.24, 2.45) is 5.14 Å². The van der Waals surface area contributed by atoms with Gasteiger partial charge in [-0.25, -0.2) is 13.6 Å². The second kappa shape index (κ2) is 8.15. The van der Waals surface area contributed by atoms with Crippen LogP contribution in [0.5, 0.6) is 5.75 Å². The Morgan fingerprint density at radius 1 is 1.32 bits per heavy atom. The van der Waals surface area contributed by atoms with E-state index in [0.717, 1.165) is 12.8 Å². The monoisotopic (exact) mass is 403 g/mol. The van der Waals surface area contributed by atoms with Crippen LogP contribution in [0.25, 0.3) is 0 Å². The van der Waals surface area contributed by atoms with Crippen molar-refractivity contribution in [1.29, 1.82) is 10.5 Å². The zero-order chi connectivity index (χ0) is 20.3. The van der Waals surface area contributed by atoms with Crippen molar-refractivity contribution in [2.45, 2.75) is 48.7 Å². The summed E-state index contributed by atoms with van der Waals surface area (Å²) in [6.45, 7) is 0.840. The van der Waals surface area contributed by atoms with Gasteiger partial charge in [-0.05, 0) is 43.9 Å². The van der Waals surface area contributed by atoms with Crippen LogP contribution in [0.2, 0.25) is 0 Å². The van der Waals surface area contributed by atoms with Gasteiger partial charge in [0, 0.05) is 12.6 Å². The van der Waals surface area contributed by atoms with E-state index in [1.54, 1.807) is 4.90 Å². The number of hydrogen-bond donors (Lipinski definition) is 2. The lowest BCUT2D eigenvalue weighted by Crippen LogP contribution is -2.47. The van der Waals surface area contributed by atoms with E-state index in [-0.39, 0.29) is 46.8 Å². The number of nitrogens with two attached hydrogens (primary N) is 1. The van der Waals surface area contributed by atoms with Crippen molar-refractivity contribution < 1.29 is 17.9 Å². The molecule has 0 bridgehead atoms. The summed E-state index contributed by atoms with van der Waals surface area (Å²) in [5.74, 6) is 0.206. The van der Waals surface area contributed by atoms with Crippen molar-refractivity contribution in [2.75, 3.05) is 13.2 Å². The van der Waals surface area contributed by atoms with Crippen molar-refractivity contribution in [1.82, 2.24) is 10.2 Å². The second-order valence-electron chi connectivity index (χ2n) is 6.94. The Labute approximate surface area is 163 Å². The van der Waals surface area contributed by atoms with E-state index in [1.807, 2.05) is 6.07 Å². The molecule has 2 aliphatic rings. The molecule has 0 saturated carbocycles. The number of nitriles is 2. The first kappa shape index (κ1) is 20.1. The Balaban J connectivity index is 1.59. The molecule has 2 fully saturated rings. The Bertz CT molecular complexity index is 950. The largest absolute Gasteiger partial charge is 0.491 e. The van der Waals surface area contributed by atoms with Crippen LogP contribution in [-0.2, 0) is 14.8 Å². The van der Waals surface area contributed by atoms with E-state index in [2.05, 4.69) is 11.4 Å². The molecule has 3 atom stereocenters. The van der Waals surface area contributed by atoms with Crippen LogP contribution in [0.4, 0.5) is 0 Å². The van der Waals surface area contributed by atoms with E-state index in [1.165, 1.54) is 18.2 Å². The number of likely N-dealkylation sites (tertiary alicyclic amines) is 1. The fourth-order valence-corrected chi connectivity index (χ4v) is 4.14. The summed E-state index contributed by atoms with van der Waals surface area (Å²) in [7, 11) is -3.90. The quantitative estimate of drug-likeness (QED) is 0.714. The predicted molar refractivity (Wildman–Crippen MR) is 98.3 cm³/mol. The van der Waals surface area contributed by atoms with Crippen LogP contribution in [0.3, 0.4) is 0 Å². The Hall–Kier alpha value is -2.66. The highest BCUT2D eigenvalue weighted by molar-refractivity contribution is 7.89. The van der Waals surface area contributed by atoms with Crippen LogP contribution in [0.15, 0.2) is 23.1 Å². The first-order chi connectivity index (χ1) is 13.3. The van der Waals surface area contributed by atoms with Gasteiger partial charge in [0.15, 0.2) is 0 Å². The minimum absolute atomic E-state index is 0.0539. The van der Waals surface area contributed by atoms with Gasteiger partial charge in [0.1, 0.15) is 24.5 Å². The summed E-state index contributed by atoms with van der Waals surface area (Å²) >= 11 is 0. The van der Waals surface area contributed by atoms with Crippen LogP contribution < -0.4 is 15.2 Å². The highest BCUT2D eigenvalue weighted by atomic mass is 32.2. The van der Waals surface area contributed by atoms with Crippen molar-refractivity contribution in [3.63, 3.8) is 0 Å². The molecule has 3 N–H and O–H groups in total. The minimum Gasteiger partial charge on any atom is -0.491 e. The smallest absolute Gasteiger partial charge is 0.240 e. The molecule has 2 heterocycles. The van der Waals surface area contributed by atoms with Gasteiger partial charge in [-0.2, -0.15) is 10.5 Å². The molecule has 1 amide bonds. The Morgan fingerprint density at radius 3 is 2.79 bits per heavy atom. The summed E-state index contributed by atoms with van der Waals surface area (Å²) in [6.07, 6.45) is 2.93. The van der Waals surface area contributed by atoms with E-state index in [0.29, 0.717) is 19.4 Å². The standard InChI is InChI=1S/C18H21N5O4S/c19-9-12-8-15(28(21,25)26)4-6-17(12)27-11-13-3-5-16(22-13)18(24)23-7-1-2-14(23)10-20/h4,6,8,13-14,16,22H,1-3,5,7,11H2,(H2,21,25,26)/t13-,14+,16+/m1/s1. The molecule has 10 heteroatoms. The zero-order valence-electron chi connectivity index (χ0n) is 15.2. The maximum atomic E-state index is 12.6. The first-order valence-electron chi connectivity index (χ1n) is 8.99. The highest BCUT2D eigenvalue weighted by Crippen LogP contribution is 2.24. The fraction of sp³-hybridized carbons (Fsp3) is 0.500. The number of rotatable bonds is 5. The van der Waals surface area contributed by atoms with Crippen LogP contribution in [-0.4, -0.2) is 50.5 Å². The summed E-state index contributed by atoms with van der Waals surface area (Å²) in [6, 6.07) is 7.17. The van der Waals surface area contributed by atoms with Gasteiger partial charge in [-0.15, -0.1) is 0 Å². The predicted octanol–water partition coefficient (Wildman–Crippen LogP) is 0.220. The molecule has 0 aliphatic carbocycles. The number of benzene rings is 1. The topological polar surface area (TPSA) is 149 Å². The number of ether oxygens (including phenoxy) is 1. The van der Waals surface area contributed by atoms with E-state index in [4.69, 9.17) is 15.1 Å². The Morgan fingerprint density at radius 2 is 2.11 bits per heavy atom. The summed E-state index contributed by atoms with van der Waals surface area (Å²) < 4.78 is 28.5. The molecule has 2 saturated heterocycles. The van der Waals surface area contributed by atoms with Gasteiger partial charge in [-0.1, -0.05) is 0 Å². The third kappa shape index (κ3) is 4.25. The van der Waals surface area contributed by atoms with Gasteiger partial charge in [0.05, 0.1) is 22.6 Å². The highest BCUT2D eigenvalue weighted by Gasteiger charge is 2.37. The molecule has 3 rings (SSSR count). The number of nitrogens with one attached hydrogen (secondary N) is 1. The van der Waals surface area contributed by atoms with E-state index < -0.39 is 10.0 Å². The third-order valence-corrected chi connectivity index (χ3v) is 5.97. The van der Waals surface area contributed by atoms with E-state index in [9.17, 15) is 18.5 Å². The van der Waals surface area contributed by atoms with Crippen LogP contribution in [0.1, 0.15) is 31.2 Å². The van der Waals surface area contributed by atoms with Gasteiger partial charge < -0.3 is 9.64 Å². The lowest BCUT2D eigenvalue weighted by molar-refractivity contribution is -0.133. The summed E-state index contributed by atoms with van der Waals surface area (Å²) in [4.78, 5) is 14.1. The van der Waals surface area contributed by atoms with Crippen LogP contribution >= 0.6 is 0 Å².